The van der Waals surface area contributed by atoms with Crippen LogP contribution in [0.1, 0.15) is 58.4 Å². The van der Waals surface area contributed by atoms with E-state index in [-0.39, 0.29) is 58.6 Å². The molecule has 0 spiro atoms. The van der Waals surface area contributed by atoms with Crippen molar-refractivity contribution >= 4 is 17.8 Å². The highest BCUT2D eigenvalue weighted by molar-refractivity contribution is 5.95. The standard InChI is InChI=1S/C66H69NO13/c1-45(68)71-43-58-60(73-38-47-20-9-4-10-21-47)56(61(74-39-48-22-11-5-12-23-48)66(80-58)78-55-34-32-52(33-35-55)53-30-19-31-54(36-53)65(70)67-3)37-57-62(75-40-49-24-13-6-14-25-49)64(77-42-51-28-17-8-18-29-51)63(59(79-57)44-72-46(2)69)76-41-50-26-15-7-16-27-50/h4-36,56-64,66H,37-44H2,1-3H3,(H,67,70). The molecular formula is C66H69NO13. The quantitative estimate of drug-likeness (QED) is 0.0540. The molecule has 10 unspecified atom stereocenters. The molecule has 80 heavy (non-hydrogen) atoms. The fraction of sp³-hybridized carbons (Fsp3) is 0.318. The number of benzene rings is 7. The van der Waals surface area contributed by atoms with Crippen LogP contribution in [0.25, 0.3) is 11.1 Å². The molecule has 0 aliphatic carbocycles. The first-order valence-corrected chi connectivity index (χ1v) is 27.1. The Hall–Kier alpha value is -7.53. The van der Waals surface area contributed by atoms with Crippen LogP contribution < -0.4 is 10.1 Å². The second-order valence-electron chi connectivity index (χ2n) is 19.9. The van der Waals surface area contributed by atoms with Crippen molar-refractivity contribution in [1.29, 1.82) is 0 Å². The van der Waals surface area contributed by atoms with Gasteiger partial charge in [-0.1, -0.05) is 176 Å². The van der Waals surface area contributed by atoms with E-state index in [1.165, 1.54) is 13.8 Å². The molecule has 416 valence electrons. The maximum atomic E-state index is 12.7. The summed E-state index contributed by atoms with van der Waals surface area (Å²) < 4.78 is 68.1. The first-order valence-electron chi connectivity index (χ1n) is 27.1. The highest BCUT2D eigenvalue weighted by atomic mass is 16.7. The highest BCUT2D eigenvalue weighted by Crippen LogP contribution is 2.41. The minimum Gasteiger partial charge on any atom is -0.463 e. The largest absolute Gasteiger partial charge is 0.463 e. The fourth-order valence-electron chi connectivity index (χ4n) is 10.2. The molecule has 2 aliphatic rings. The molecule has 0 aromatic heterocycles. The van der Waals surface area contributed by atoms with Crippen molar-refractivity contribution in [3.63, 3.8) is 0 Å². The van der Waals surface area contributed by atoms with Crippen molar-refractivity contribution in [3.05, 3.63) is 234 Å². The number of esters is 2. The molecular weight excluding hydrogens is 1010 g/mol. The molecule has 2 heterocycles. The number of nitrogens with one attached hydrogen (secondary N) is 1. The molecule has 1 N–H and O–H groups in total. The van der Waals surface area contributed by atoms with Crippen LogP contribution in [0.2, 0.25) is 0 Å². The number of carbonyl (C=O) groups is 3. The van der Waals surface area contributed by atoms with Crippen LogP contribution in [0, 0.1) is 5.92 Å². The van der Waals surface area contributed by atoms with E-state index in [1.54, 1.807) is 13.1 Å². The SMILES string of the molecule is CNC(=O)c1cccc(-c2ccc(OC3OC(COC(C)=O)C(OCc4ccccc4)C(CC4OC(COC(C)=O)C(OCc5ccccc5)C(OCc5ccccc5)C4OCc4ccccc4)C3OCc3ccccc3)cc2)c1. The van der Waals surface area contributed by atoms with Gasteiger partial charge in [0.2, 0.25) is 6.29 Å². The Kier molecular flexibility index (Phi) is 20.8. The van der Waals surface area contributed by atoms with Crippen LogP contribution in [0.15, 0.2) is 200 Å². The van der Waals surface area contributed by atoms with E-state index in [1.807, 2.05) is 194 Å². The average molecular weight is 1080 g/mol. The molecule has 2 fully saturated rings. The molecule has 14 nitrogen and oxygen atoms in total. The van der Waals surface area contributed by atoms with Gasteiger partial charge in [-0.25, -0.2) is 0 Å². The van der Waals surface area contributed by atoms with Crippen molar-refractivity contribution in [2.45, 2.75) is 108 Å². The van der Waals surface area contributed by atoms with E-state index < -0.39 is 73.0 Å². The third kappa shape index (κ3) is 16.1. The Morgan fingerprint density at radius 3 is 1.29 bits per heavy atom. The lowest BCUT2D eigenvalue weighted by atomic mass is 9.80. The molecule has 0 bridgehead atoms. The number of ether oxygens (including phenoxy) is 10. The second-order valence-corrected chi connectivity index (χ2v) is 19.9. The van der Waals surface area contributed by atoms with Gasteiger partial charge >= 0.3 is 11.9 Å². The van der Waals surface area contributed by atoms with Crippen LogP contribution in [0.4, 0.5) is 0 Å². The van der Waals surface area contributed by atoms with Crippen LogP contribution in [-0.2, 0) is 85.3 Å². The lowest BCUT2D eigenvalue weighted by Crippen LogP contribution is -2.64. The molecule has 2 saturated heterocycles. The molecule has 2 aliphatic heterocycles. The zero-order valence-electron chi connectivity index (χ0n) is 45.3. The summed E-state index contributed by atoms with van der Waals surface area (Å²) in [6, 6.07) is 64.1. The second kappa shape index (κ2) is 29.1. The Bertz CT molecular complexity index is 2990. The van der Waals surface area contributed by atoms with E-state index in [0.717, 1.165) is 38.9 Å². The number of rotatable bonds is 25. The van der Waals surface area contributed by atoms with Gasteiger partial charge in [0, 0.05) is 32.4 Å². The van der Waals surface area contributed by atoms with E-state index >= 15 is 0 Å². The molecule has 0 radical (unpaired) electrons. The van der Waals surface area contributed by atoms with Gasteiger partial charge in [-0.3, -0.25) is 14.4 Å². The van der Waals surface area contributed by atoms with Crippen LogP contribution >= 0.6 is 0 Å². The van der Waals surface area contributed by atoms with Crippen molar-refractivity contribution < 1.29 is 61.8 Å². The summed E-state index contributed by atoms with van der Waals surface area (Å²) in [6.45, 7) is 3.34. The van der Waals surface area contributed by atoms with Gasteiger partial charge in [0.15, 0.2) is 0 Å². The first kappa shape index (κ1) is 57.2. The fourth-order valence-corrected chi connectivity index (χ4v) is 10.2. The van der Waals surface area contributed by atoms with Gasteiger partial charge < -0.3 is 52.7 Å². The van der Waals surface area contributed by atoms with Gasteiger partial charge in [-0.15, -0.1) is 0 Å². The Morgan fingerprint density at radius 2 is 0.838 bits per heavy atom. The first-order chi connectivity index (χ1) is 39.2. The van der Waals surface area contributed by atoms with Crippen molar-refractivity contribution in [2.75, 3.05) is 20.3 Å². The summed E-state index contributed by atoms with van der Waals surface area (Å²) in [6.07, 6.45) is -7.59. The third-order valence-electron chi connectivity index (χ3n) is 14.1. The molecule has 9 rings (SSSR count). The average Bonchev–Trinajstić information content (AvgIpc) is 3.69. The molecule has 1 amide bonds. The lowest BCUT2D eigenvalue weighted by molar-refractivity contribution is -0.304. The molecule has 7 aromatic rings. The number of hydrogen-bond donors (Lipinski definition) is 1. The smallest absolute Gasteiger partial charge is 0.302 e. The lowest BCUT2D eigenvalue weighted by Gasteiger charge is -2.50. The van der Waals surface area contributed by atoms with Crippen molar-refractivity contribution in [3.8, 4) is 16.9 Å². The minimum atomic E-state index is -1.11. The molecule has 14 heteroatoms. The Balaban J connectivity index is 1.14. The van der Waals surface area contributed by atoms with E-state index in [0.29, 0.717) is 11.3 Å². The summed E-state index contributed by atoms with van der Waals surface area (Å²) in [5, 5.41) is 2.69. The zero-order chi connectivity index (χ0) is 55.5. The summed E-state index contributed by atoms with van der Waals surface area (Å²) in [7, 11) is 1.60. The number of carbonyl (C=O) groups excluding carboxylic acids is 3. The van der Waals surface area contributed by atoms with Crippen LogP contribution in [-0.4, -0.2) is 93.2 Å². The van der Waals surface area contributed by atoms with E-state index in [9.17, 15) is 14.4 Å². The number of amides is 1. The summed E-state index contributed by atoms with van der Waals surface area (Å²) >= 11 is 0. The van der Waals surface area contributed by atoms with Gasteiger partial charge in [-0.05, 0) is 69.6 Å². The predicted octanol–water partition coefficient (Wildman–Crippen LogP) is 10.6. The van der Waals surface area contributed by atoms with Gasteiger partial charge in [-0.2, -0.15) is 0 Å². The van der Waals surface area contributed by atoms with Gasteiger partial charge in [0.1, 0.15) is 55.6 Å². The molecule has 10 atom stereocenters. The van der Waals surface area contributed by atoms with Crippen molar-refractivity contribution in [2.24, 2.45) is 5.92 Å². The maximum absolute atomic E-state index is 12.7. The third-order valence-corrected chi connectivity index (χ3v) is 14.1. The number of hydrogen-bond acceptors (Lipinski definition) is 13. The molecule has 0 saturated carbocycles. The van der Waals surface area contributed by atoms with Crippen LogP contribution in [0.3, 0.4) is 0 Å². The van der Waals surface area contributed by atoms with E-state index in [2.05, 4.69) is 5.32 Å². The summed E-state index contributed by atoms with van der Waals surface area (Å²) in [4.78, 5) is 38.1. The monoisotopic (exact) mass is 1080 g/mol. The Labute approximate surface area is 468 Å². The van der Waals surface area contributed by atoms with Gasteiger partial charge in [0.25, 0.3) is 5.91 Å². The predicted molar refractivity (Wildman–Crippen MR) is 300 cm³/mol. The van der Waals surface area contributed by atoms with Crippen molar-refractivity contribution in [1.82, 2.24) is 5.32 Å². The summed E-state index contributed by atoms with van der Waals surface area (Å²) in [5.41, 5.74) is 6.84. The topological polar surface area (TPSA) is 156 Å². The maximum Gasteiger partial charge on any atom is 0.302 e. The highest BCUT2D eigenvalue weighted by Gasteiger charge is 2.54. The van der Waals surface area contributed by atoms with E-state index in [4.69, 9.17) is 47.4 Å². The van der Waals surface area contributed by atoms with Gasteiger partial charge in [0.05, 0.1) is 45.2 Å². The normalized spacial score (nSPS) is 22.6. The minimum absolute atomic E-state index is 0.148. The summed E-state index contributed by atoms with van der Waals surface area (Å²) in [5.74, 6) is -1.35. The molecule has 7 aromatic carbocycles. The zero-order valence-corrected chi connectivity index (χ0v) is 45.3. The Morgan fingerprint density at radius 1 is 0.425 bits per heavy atom. The van der Waals surface area contributed by atoms with Crippen LogP contribution in [0.5, 0.6) is 5.75 Å².